The van der Waals surface area contributed by atoms with Gasteiger partial charge in [0.15, 0.2) is 12.2 Å². The highest BCUT2D eigenvalue weighted by molar-refractivity contribution is 5.80. The molecule has 0 radical (unpaired) electrons. The summed E-state index contributed by atoms with van der Waals surface area (Å²) in [5, 5.41) is 5.89. The lowest BCUT2D eigenvalue weighted by atomic mass is 9.87. The van der Waals surface area contributed by atoms with E-state index in [1.54, 1.807) is 0 Å². The van der Waals surface area contributed by atoms with Crippen LogP contribution in [0.4, 0.5) is 0 Å². The van der Waals surface area contributed by atoms with Gasteiger partial charge in [0.25, 0.3) is 0 Å². The fourth-order valence-corrected chi connectivity index (χ4v) is 3.59. The molecule has 1 amide bonds. The van der Waals surface area contributed by atoms with Crippen LogP contribution in [-0.2, 0) is 57.2 Å². The number of nitrogens with one attached hydrogen (secondary N) is 1. The Balaban J connectivity index is 3.81. The van der Waals surface area contributed by atoms with Crippen LogP contribution in [0.5, 0.6) is 0 Å². The zero-order valence-corrected chi connectivity index (χ0v) is 20.5. The molecule has 0 spiro atoms. The van der Waals surface area contributed by atoms with Gasteiger partial charge in [-0.15, -0.1) is 0 Å². The Morgan fingerprint density at radius 3 is 2.08 bits per heavy atom. The van der Waals surface area contributed by atoms with Gasteiger partial charge >= 0.3 is 29.8 Å². The molecule has 0 saturated carbocycles. The molecule has 0 aliphatic carbocycles. The largest absolute Gasteiger partial charge is 0.467 e. The average molecular weight is 516 g/mol. The predicted molar refractivity (Wildman–Crippen MR) is 114 cm³/mol. The summed E-state index contributed by atoms with van der Waals surface area (Å²) >= 11 is 0. The summed E-state index contributed by atoms with van der Waals surface area (Å²) < 4.78 is 31.2. The maximum Gasteiger partial charge on any atom is 0.344 e. The molecule has 1 rings (SSSR count). The number of carbonyl (C=O) groups excluding carboxylic acids is 6. The molecule has 0 unspecified atom stereocenters. The van der Waals surface area contributed by atoms with Crippen LogP contribution in [0, 0.1) is 0 Å². The zero-order chi connectivity index (χ0) is 27.6. The third kappa shape index (κ3) is 8.39. The Kier molecular flexibility index (Phi) is 11.1. The van der Waals surface area contributed by atoms with Crippen molar-refractivity contribution in [3.63, 3.8) is 0 Å². The lowest BCUT2D eigenvalue weighted by Gasteiger charge is -2.47. The fraction of sp³-hybridized carbons (Fsp3) is 0.700. The number of hydrogen-bond donors (Lipinski definition) is 1. The summed E-state index contributed by atoms with van der Waals surface area (Å²) in [5.41, 5.74) is 6.68. The lowest BCUT2D eigenvalue weighted by Crippen LogP contribution is -2.68. The second-order valence-electron chi connectivity index (χ2n) is 7.65. The van der Waals surface area contributed by atoms with Crippen molar-refractivity contribution in [1.82, 2.24) is 5.32 Å². The molecule has 16 nitrogen and oxygen atoms in total. The van der Waals surface area contributed by atoms with Crippen LogP contribution < -0.4 is 5.32 Å². The topological polar surface area (TPSA) is 219 Å². The predicted octanol–water partition coefficient (Wildman–Crippen LogP) is -0.182. The molecule has 0 aromatic heterocycles. The fourth-order valence-electron chi connectivity index (χ4n) is 3.59. The number of amides is 1. The van der Waals surface area contributed by atoms with E-state index in [0.717, 1.165) is 41.7 Å². The van der Waals surface area contributed by atoms with Crippen LogP contribution in [0.15, 0.2) is 5.11 Å². The monoisotopic (exact) mass is 516 g/mol. The number of esters is 5. The summed E-state index contributed by atoms with van der Waals surface area (Å²) in [7, 11) is 0.974. The Hall–Kier alpha value is -3.91. The third-order valence-electron chi connectivity index (χ3n) is 4.72. The molecular formula is C20H28N4O12. The average Bonchev–Trinajstić information content (AvgIpc) is 2.75. The Bertz CT molecular complexity index is 934. The molecule has 1 saturated heterocycles. The van der Waals surface area contributed by atoms with Gasteiger partial charge < -0.3 is 33.7 Å². The molecule has 16 heteroatoms. The van der Waals surface area contributed by atoms with Gasteiger partial charge in [-0.05, 0) is 10.6 Å². The van der Waals surface area contributed by atoms with Crippen molar-refractivity contribution in [3.05, 3.63) is 10.4 Å². The van der Waals surface area contributed by atoms with Gasteiger partial charge in [0.1, 0.15) is 18.8 Å². The number of nitrogens with zero attached hydrogens (tertiary/aromatic N) is 3. The molecule has 0 bridgehead atoms. The molecule has 1 N–H and O–H groups in total. The highest BCUT2D eigenvalue weighted by Gasteiger charge is 2.58. The normalized spacial score (nSPS) is 24.6. The first-order valence-electron chi connectivity index (χ1n) is 10.5. The first-order chi connectivity index (χ1) is 16.8. The highest BCUT2D eigenvalue weighted by atomic mass is 16.6. The van der Waals surface area contributed by atoms with Crippen LogP contribution in [0.3, 0.4) is 0 Å². The van der Waals surface area contributed by atoms with Crippen LogP contribution in [0.25, 0.3) is 10.4 Å². The van der Waals surface area contributed by atoms with Crippen molar-refractivity contribution in [2.45, 2.75) is 77.2 Å². The maximum atomic E-state index is 12.7. The minimum atomic E-state index is -2.45. The van der Waals surface area contributed by atoms with Gasteiger partial charge in [-0.25, -0.2) is 4.79 Å². The van der Waals surface area contributed by atoms with Gasteiger partial charge in [-0.1, -0.05) is 0 Å². The summed E-state index contributed by atoms with van der Waals surface area (Å²) in [4.78, 5) is 74.4. The van der Waals surface area contributed by atoms with E-state index in [2.05, 4.69) is 15.3 Å². The van der Waals surface area contributed by atoms with Gasteiger partial charge in [0, 0.05) is 46.0 Å². The molecule has 0 aromatic carbocycles. The molecule has 1 aliphatic heterocycles. The van der Waals surface area contributed by atoms with Crippen molar-refractivity contribution in [2.75, 3.05) is 13.7 Å². The zero-order valence-electron chi connectivity index (χ0n) is 20.5. The van der Waals surface area contributed by atoms with E-state index in [1.807, 2.05) is 0 Å². The Morgan fingerprint density at radius 2 is 1.64 bits per heavy atom. The van der Waals surface area contributed by atoms with E-state index < -0.39 is 85.0 Å². The van der Waals surface area contributed by atoms with Crippen LogP contribution >= 0.6 is 0 Å². The number of hydrogen-bond acceptors (Lipinski definition) is 13. The van der Waals surface area contributed by atoms with Crippen molar-refractivity contribution in [1.29, 1.82) is 0 Å². The van der Waals surface area contributed by atoms with E-state index in [1.165, 1.54) is 0 Å². The lowest BCUT2D eigenvalue weighted by molar-refractivity contribution is -0.240. The molecule has 0 aromatic rings. The van der Waals surface area contributed by atoms with E-state index in [-0.39, 0.29) is 0 Å². The van der Waals surface area contributed by atoms with Gasteiger partial charge in [-0.3, -0.25) is 24.0 Å². The number of carbonyl (C=O) groups is 6. The summed E-state index contributed by atoms with van der Waals surface area (Å²) in [5.74, 6) is -5.25. The van der Waals surface area contributed by atoms with Crippen molar-refractivity contribution < 1.29 is 57.2 Å². The van der Waals surface area contributed by atoms with Crippen LogP contribution in [-0.4, -0.2) is 85.7 Å². The van der Waals surface area contributed by atoms with E-state index >= 15 is 0 Å². The molecule has 6 atom stereocenters. The van der Waals surface area contributed by atoms with Crippen LogP contribution in [0.2, 0.25) is 0 Å². The van der Waals surface area contributed by atoms with Crippen molar-refractivity contribution in [3.8, 4) is 0 Å². The second kappa shape index (κ2) is 13.3. The smallest absolute Gasteiger partial charge is 0.344 e. The number of ether oxygens (including phenoxy) is 6. The summed E-state index contributed by atoms with van der Waals surface area (Å²) in [6.07, 6.45) is -6.87. The Labute approximate surface area is 205 Å². The quantitative estimate of drug-likeness (QED) is 0.131. The Morgan fingerprint density at radius 1 is 1.03 bits per heavy atom. The van der Waals surface area contributed by atoms with Gasteiger partial charge in [0.2, 0.25) is 11.6 Å². The third-order valence-corrected chi connectivity index (χ3v) is 4.72. The second-order valence-corrected chi connectivity index (χ2v) is 7.65. The summed E-state index contributed by atoms with van der Waals surface area (Å²) in [6, 6.07) is -1.34. The molecule has 1 aliphatic rings. The van der Waals surface area contributed by atoms with E-state index in [4.69, 9.17) is 34.0 Å². The highest BCUT2D eigenvalue weighted by Crippen LogP contribution is 2.37. The molecule has 1 fully saturated rings. The van der Waals surface area contributed by atoms with E-state index in [9.17, 15) is 28.8 Å². The summed E-state index contributed by atoms with van der Waals surface area (Å²) in [6.45, 7) is 4.65. The standard InChI is InChI=1S/C20H28N4O12/c1-9(25)22-16-14(33-11(3)27)7-20(23-24-21,19(30)31-6)36-18(16)17(35-13(5)29)15(34-12(4)28)8-32-10(2)26/h14-18H,7-8H2,1-6H3,(H,22,25)/t14-,15+,16+,17+,18+,20-/m0/s1. The minimum absolute atomic E-state index is 0.597. The molecule has 1 heterocycles. The number of azide groups is 1. The minimum Gasteiger partial charge on any atom is -0.467 e. The molecular weight excluding hydrogens is 488 g/mol. The van der Waals surface area contributed by atoms with E-state index in [0.29, 0.717) is 0 Å². The van der Waals surface area contributed by atoms with Gasteiger partial charge in [0.05, 0.1) is 13.2 Å². The molecule has 36 heavy (non-hydrogen) atoms. The number of rotatable bonds is 10. The van der Waals surface area contributed by atoms with Crippen LogP contribution in [0.1, 0.15) is 41.0 Å². The number of methoxy groups -OCH3 is 1. The molecule has 200 valence electrons. The first kappa shape index (κ1) is 30.1. The van der Waals surface area contributed by atoms with Crippen molar-refractivity contribution >= 4 is 35.8 Å². The van der Waals surface area contributed by atoms with Gasteiger partial charge in [-0.2, -0.15) is 0 Å². The first-order valence-corrected chi connectivity index (χ1v) is 10.5. The van der Waals surface area contributed by atoms with Crippen molar-refractivity contribution in [2.24, 2.45) is 5.11 Å². The maximum absolute atomic E-state index is 12.7. The SMILES string of the molecule is COC(=O)[C@]1(N=[N+]=[N-])C[C@H](OC(C)=O)[C@@H](NC(C)=O)[C@H]([C@H](OC(C)=O)[C@@H](COC(C)=O)OC(C)=O)O1.